The second-order valence-corrected chi connectivity index (χ2v) is 4.12. The SMILES string of the molecule is OC1(Cl)C=C(Cl)C=CC1CCCl. The van der Waals surface area contributed by atoms with Crippen LogP contribution in [0.25, 0.3) is 0 Å². The predicted octanol–water partition coefficient (Wildman–Crippen LogP) is 2.85. The van der Waals surface area contributed by atoms with Crippen LogP contribution in [0.1, 0.15) is 6.42 Å². The molecule has 0 aliphatic heterocycles. The lowest BCUT2D eigenvalue weighted by molar-refractivity contribution is 0.129. The van der Waals surface area contributed by atoms with Crippen LogP contribution in [0.2, 0.25) is 0 Å². The second-order valence-electron chi connectivity index (χ2n) is 2.70. The van der Waals surface area contributed by atoms with Crippen LogP contribution in [0, 0.1) is 5.92 Å². The zero-order chi connectivity index (χ0) is 9.19. The Morgan fingerprint density at radius 3 is 2.75 bits per heavy atom. The van der Waals surface area contributed by atoms with E-state index in [4.69, 9.17) is 34.8 Å². The molecule has 0 saturated carbocycles. The molecule has 12 heavy (non-hydrogen) atoms. The number of allylic oxidation sites excluding steroid dienone is 2. The van der Waals surface area contributed by atoms with Gasteiger partial charge in [-0.3, -0.25) is 0 Å². The highest BCUT2D eigenvalue weighted by molar-refractivity contribution is 6.33. The Hall–Kier alpha value is 0.310. The van der Waals surface area contributed by atoms with E-state index in [1.54, 1.807) is 12.2 Å². The summed E-state index contributed by atoms with van der Waals surface area (Å²) in [6, 6.07) is 0. The van der Waals surface area contributed by atoms with Crippen LogP contribution in [0.3, 0.4) is 0 Å². The summed E-state index contributed by atoms with van der Waals surface area (Å²) in [6.45, 7) is 0. The first-order chi connectivity index (χ1) is 5.56. The van der Waals surface area contributed by atoms with Crippen LogP contribution in [-0.4, -0.2) is 16.0 Å². The molecule has 1 N–H and O–H groups in total. The van der Waals surface area contributed by atoms with Gasteiger partial charge in [0.25, 0.3) is 0 Å². The van der Waals surface area contributed by atoms with Crippen molar-refractivity contribution in [3.05, 3.63) is 23.3 Å². The molecule has 0 heterocycles. The molecule has 0 aromatic heterocycles. The van der Waals surface area contributed by atoms with E-state index >= 15 is 0 Å². The van der Waals surface area contributed by atoms with Crippen molar-refractivity contribution in [1.82, 2.24) is 0 Å². The number of hydrogen-bond acceptors (Lipinski definition) is 1. The maximum atomic E-state index is 9.63. The van der Waals surface area contributed by atoms with E-state index < -0.39 is 5.06 Å². The van der Waals surface area contributed by atoms with Crippen molar-refractivity contribution in [2.75, 3.05) is 5.88 Å². The lowest BCUT2D eigenvalue weighted by atomic mass is 9.94. The van der Waals surface area contributed by atoms with Crippen molar-refractivity contribution in [2.24, 2.45) is 5.92 Å². The minimum Gasteiger partial charge on any atom is -0.371 e. The standard InChI is InChI=1S/C8H9Cl3O/c9-4-3-6-1-2-7(10)5-8(6,11)12/h1-2,5-6,12H,3-4H2. The summed E-state index contributed by atoms with van der Waals surface area (Å²) in [7, 11) is 0. The van der Waals surface area contributed by atoms with Crippen molar-refractivity contribution < 1.29 is 5.11 Å². The number of alkyl halides is 2. The van der Waals surface area contributed by atoms with E-state index in [0.717, 1.165) is 0 Å². The lowest BCUT2D eigenvalue weighted by Crippen LogP contribution is -2.30. The van der Waals surface area contributed by atoms with Crippen LogP contribution < -0.4 is 0 Å². The summed E-state index contributed by atoms with van der Waals surface area (Å²) in [5, 5.41) is 8.71. The first-order valence-corrected chi connectivity index (χ1v) is 4.89. The van der Waals surface area contributed by atoms with Crippen molar-refractivity contribution in [3.8, 4) is 0 Å². The van der Waals surface area contributed by atoms with Crippen LogP contribution in [0.15, 0.2) is 23.3 Å². The molecule has 0 fully saturated rings. The first kappa shape index (κ1) is 10.4. The number of aliphatic hydroxyl groups is 1. The van der Waals surface area contributed by atoms with E-state index in [1.165, 1.54) is 6.08 Å². The molecule has 0 saturated heterocycles. The van der Waals surface area contributed by atoms with Gasteiger partial charge in [-0.05, 0) is 18.6 Å². The smallest absolute Gasteiger partial charge is 0.165 e. The van der Waals surface area contributed by atoms with E-state index in [9.17, 15) is 5.11 Å². The molecule has 2 unspecified atom stereocenters. The second kappa shape index (κ2) is 4.01. The van der Waals surface area contributed by atoms with Gasteiger partial charge in [0.1, 0.15) is 0 Å². The highest BCUT2D eigenvalue weighted by Crippen LogP contribution is 2.34. The Bertz CT molecular complexity index is 220. The van der Waals surface area contributed by atoms with Gasteiger partial charge in [-0.1, -0.05) is 29.3 Å². The minimum absolute atomic E-state index is 0.154. The normalized spacial score (nSPS) is 35.0. The average molecular weight is 228 g/mol. The topological polar surface area (TPSA) is 20.2 Å². The average Bonchev–Trinajstić information content (AvgIpc) is 1.94. The van der Waals surface area contributed by atoms with Gasteiger partial charge in [0.15, 0.2) is 5.06 Å². The Balaban J connectivity index is 2.74. The van der Waals surface area contributed by atoms with Gasteiger partial charge < -0.3 is 5.11 Å². The summed E-state index contributed by atoms with van der Waals surface area (Å²) in [5.41, 5.74) is 0. The van der Waals surface area contributed by atoms with Gasteiger partial charge in [-0.15, -0.1) is 11.6 Å². The predicted molar refractivity (Wildman–Crippen MR) is 52.7 cm³/mol. The fourth-order valence-electron chi connectivity index (χ4n) is 1.11. The monoisotopic (exact) mass is 226 g/mol. The van der Waals surface area contributed by atoms with Crippen LogP contribution in [-0.2, 0) is 0 Å². The molecule has 1 rings (SSSR count). The van der Waals surface area contributed by atoms with Crippen LogP contribution >= 0.6 is 34.8 Å². The number of hydrogen-bond donors (Lipinski definition) is 1. The molecule has 1 nitrogen and oxygen atoms in total. The molecule has 2 atom stereocenters. The van der Waals surface area contributed by atoms with Crippen molar-refractivity contribution in [2.45, 2.75) is 11.5 Å². The first-order valence-electron chi connectivity index (χ1n) is 3.60. The zero-order valence-electron chi connectivity index (χ0n) is 6.30. The fraction of sp³-hybridized carbons (Fsp3) is 0.500. The summed E-state index contributed by atoms with van der Waals surface area (Å²) < 4.78 is 0. The Kier molecular flexibility index (Phi) is 3.47. The third-order valence-corrected chi connectivity index (χ3v) is 2.61. The Labute approximate surface area is 86.6 Å². The van der Waals surface area contributed by atoms with Gasteiger partial charge in [0, 0.05) is 16.8 Å². The molecule has 0 amide bonds. The van der Waals surface area contributed by atoms with Gasteiger partial charge >= 0.3 is 0 Å². The molecule has 0 radical (unpaired) electrons. The molecule has 1 aliphatic rings. The molecule has 0 bridgehead atoms. The molecule has 68 valence electrons. The minimum atomic E-state index is -1.37. The van der Waals surface area contributed by atoms with Crippen LogP contribution in [0.4, 0.5) is 0 Å². The summed E-state index contributed by atoms with van der Waals surface area (Å²) >= 11 is 17.0. The van der Waals surface area contributed by atoms with Gasteiger partial charge in [0.2, 0.25) is 0 Å². The largest absolute Gasteiger partial charge is 0.371 e. The fourth-order valence-corrected chi connectivity index (χ4v) is 1.94. The zero-order valence-corrected chi connectivity index (χ0v) is 8.57. The van der Waals surface area contributed by atoms with E-state index in [-0.39, 0.29) is 5.92 Å². The highest BCUT2D eigenvalue weighted by atomic mass is 35.5. The Morgan fingerprint density at radius 2 is 2.25 bits per heavy atom. The van der Waals surface area contributed by atoms with Crippen LogP contribution in [0.5, 0.6) is 0 Å². The van der Waals surface area contributed by atoms with Crippen molar-refractivity contribution >= 4 is 34.8 Å². The molecule has 0 aromatic rings. The van der Waals surface area contributed by atoms with Crippen molar-refractivity contribution in [3.63, 3.8) is 0 Å². The third kappa shape index (κ3) is 2.40. The summed E-state index contributed by atoms with van der Waals surface area (Å²) in [6.07, 6.45) is 5.55. The number of rotatable bonds is 2. The van der Waals surface area contributed by atoms with Gasteiger partial charge in [-0.25, -0.2) is 0 Å². The molecule has 0 spiro atoms. The molecule has 0 aromatic carbocycles. The van der Waals surface area contributed by atoms with Gasteiger partial charge in [-0.2, -0.15) is 0 Å². The summed E-state index contributed by atoms with van der Waals surface area (Å²) in [5.74, 6) is 0.314. The third-order valence-electron chi connectivity index (χ3n) is 1.77. The van der Waals surface area contributed by atoms with E-state index in [0.29, 0.717) is 17.3 Å². The van der Waals surface area contributed by atoms with E-state index in [1.807, 2.05) is 0 Å². The van der Waals surface area contributed by atoms with Gasteiger partial charge in [0.05, 0.1) is 0 Å². The summed E-state index contributed by atoms with van der Waals surface area (Å²) in [4.78, 5) is 0. The maximum Gasteiger partial charge on any atom is 0.165 e. The molecular weight excluding hydrogens is 218 g/mol. The maximum absolute atomic E-state index is 9.63. The van der Waals surface area contributed by atoms with Crippen molar-refractivity contribution in [1.29, 1.82) is 0 Å². The lowest BCUT2D eigenvalue weighted by Gasteiger charge is -2.27. The number of halogens is 3. The molecule has 1 aliphatic carbocycles. The molecular formula is C8H9Cl3O. The highest BCUT2D eigenvalue weighted by Gasteiger charge is 2.32. The van der Waals surface area contributed by atoms with E-state index in [2.05, 4.69) is 0 Å². The Morgan fingerprint density at radius 1 is 1.58 bits per heavy atom. The quantitative estimate of drug-likeness (QED) is 0.719. The molecule has 4 heteroatoms.